The molecule has 2 aliphatic rings. The lowest BCUT2D eigenvalue weighted by Gasteiger charge is -2.37. The van der Waals surface area contributed by atoms with Gasteiger partial charge < -0.3 is 10.2 Å². The second-order valence-corrected chi connectivity index (χ2v) is 5.56. The van der Waals surface area contributed by atoms with Crippen molar-refractivity contribution in [1.82, 2.24) is 10.2 Å². The van der Waals surface area contributed by atoms with Crippen LogP contribution in [0.3, 0.4) is 0 Å². The normalized spacial score (nSPS) is 26.3. The molecule has 0 saturated carbocycles. The number of hydrogen-bond acceptors (Lipinski definition) is 2. The first-order chi connectivity index (χ1) is 9.18. The molecule has 2 saturated heterocycles. The third-order valence-electron chi connectivity index (χ3n) is 4.36. The van der Waals surface area contributed by atoms with Gasteiger partial charge in [-0.2, -0.15) is 0 Å². The molecule has 0 aliphatic carbocycles. The fourth-order valence-corrected chi connectivity index (χ4v) is 3.29. The summed E-state index contributed by atoms with van der Waals surface area (Å²) in [6.45, 7) is 4.26. The predicted molar refractivity (Wildman–Crippen MR) is 71.6 cm³/mol. The lowest BCUT2D eigenvalue weighted by molar-refractivity contribution is 0.0570. The zero-order valence-corrected chi connectivity index (χ0v) is 11.2. The van der Waals surface area contributed by atoms with E-state index in [4.69, 9.17) is 0 Å². The van der Waals surface area contributed by atoms with Crippen molar-refractivity contribution in [3.8, 4) is 0 Å². The summed E-state index contributed by atoms with van der Waals surface area (Å²) in [7, 11) is 0. The van der Waals surface area contributed by atoms with Crippen LogP contribution in [0.25, 0.3) is 0 Å². The standard InChI is InChI=1S/C15H19FN2O/c1-10-4-2-6-12(14(10)16)15(19)18-7-3-5-11-8-17-9-13(11)18/h2,4,6,11,13,17H,3,5,7-9H2,1H3. The van der Waals surface area contributed by atoms with Gasteiger partial charge in [0.1, 0.15) is 5.82 Å². The monoisotopic (exact) mass is 262 g/mol. The highest BCUT2D eigenvalue weighted by molar-refractivity contribution is 5.95. The van der Waals surface area contributed by atoms with Crippen LogP contribution in [0.4, 0.5) is 4.39 Å². The second kappa shape index (κ2) is 4.93. The number of benzene rings is 1. The maximum absolute atomic E-state index is 14.1. The van der Waals surface area contributed by atoms with Crippen molar-refractivity contribution in [1.29, 1.82) is 0 Å². The van der Waals surface area contributed by atoms with E-state index in [1.807, 2.05) is 4.90 Å². The van der Waals surface area contributed by atoms with E-state index < -0.39 is 0 Å². The van der Waals surface area contributed by atoms with Crippen LogP contribution in [0.5, 0.6) is 0 Å². The molecule has 2 unspecified atom stereocenters. The molecular weight excluding hydrogens is 243 g/mol. The van der Waals surface area contributed by atoms with E-state index in [0.29, 0.717) is 11.5 Å². The van der Waals surface area contributed by atoms with Gasteiger partial charge in [0, 0.05) is 25.7 Å². The number of piperidine rings is 1. The van der Waals surface area contributed by atoms with Crippen molar-refractivity contribution < 1.29 is 9.18 Å². The molecule has 1 N–H and O–H groups in total. The van der Waals surface area contributed by atoms with Crippen molar-refractivity contribution in [3.63, 3.8) is 0 Å². The van der Waals surface area contributed by atoms with Crippen molar-refractivity contribution in [2.75, 3.05) is 19.6 Å². The smallest absolute Gasteiger partial charge is 0.257 e. The van der Waals surface area contributed by atoms with Crippen LogP contribution >= 0.6 is 0 Å². The molecule has 0 radical (unpaired) electrons. The minimum Gasteiger partial charge on any atom is -0.334 e. The number of carbonyl (C=O) groups excluding carboxylic acids is 1. The molecule has 2 heterocycles. The summed E-state index contributed by atoms with van der Waals surface area (Å²) in [6.07, 6.45) is 2.18. The van der Waals surface area contributed by atoms with E-state index in [-0.39, 0.29) is 23.3 Å². The van der Waals surface area contributed by atoms with Crippen molar-refractivity contribution >= 4 is 5.91 Å². The minimum atomic E-state index is -0.374. The topological polar surface area (TPSA) is 32.3 Å². The number of hydrogen-bond donors (Lipinski definition) is 1. The van der Waals surface area contributed by atoms with Gasteiger partial charge in [0.05, 0.1) is 5.56 Å². The van der Waals surface area contributed by atoms with Gasteiger partial charge in [-0.15, -0.1) is 0 Å². The van der Waals surface area contributed by atoms with E-state index in [1.165, 1.54) is 0 Å². The molecule has 1 aromatic rings. The number of likely N-dealkylation sites (tertiary alicyclic amines) is 1. The first-order valence-electron chi connectivity index (χ1n) is 6.95. The van der Waals surface area contributed by atoms with Crippen LogP contribution in [-0.4, -0.2) is 36.5 Å². The summed E-state index contributed by atoms with van der Waals surface area (Å²) in [5, 5.41) is 3.34. The summed E-state index contributed by atoms with van der Waals surface area (Å²) in [5.74, 6) is 0.00532. The Morgan fingerprint density at radius 1 is 1.42 bits per heavy atom. The van der Waals surface area contributed by atoms with Crippen molar-refractivity contribution in [3.05, 3.63) is 35.1 Å². The van der Waals surface area contributed by atoms with Gasteiger partial charge in [-0.25, -0.2) is 4.39 Å². The number of fused-ring (bicyclic) bond motifs is 1. The quantitative estimate of drug-likeness (QED) is 0.839. The number of amides is 1. The summed E-state index contributed by atoms with van der Waals surface area (Å²) < 4.78 is 14.1. The number of rotatable bonds is 1. The lowest BCUT2D eigenvalue weighted by atomic mass is 9.91. The van der Waals surface area contributed by atoms with Crippen LogP contribution in [0.1, 0.15) is 28.8 Å². The second-order valence-electron chi connectivity index (χ2n) is 5.56. The Hall–Kier alpha value is -1.42. The average Bonchev–Trinajstić information content (AvgIpc) is 2.89. The van der Waals surface area contributed by atoms with E-state index in [2.05, 4.69) is 5.32 Å². The Morgan fingerprint density at radius 2 is 2.26 bits per heavy atom. The molecule has 2 atom stereocenters. The highest BCUT2D eigenvalue weighted by Crippen LogP contribution is 2.28. The lowest BCUT2D eigenvalue weighted by Crippen LogP contribution is -2.48. The molecule has 0 aromatic heterocycles. The van der Waals surface area contributed by atoms with E-state index in [0.717, 1.165) is 32.5 Å². The summed E-state index contributed by atoms with van der Waals surface area (Å²) in [4.78, 5) is 14.4. The highest BCUT2D eigenvalue weighted by Gasteiger charge is 2.38. The Labute approximate surface area is 112 Å². The maximum Gasteiger partial charge on any atom is 0.257 e. The third-order valence-corrected chi connectivity index (χ3v) is 4.36. The first kappa shape index (κ1) is 12.6. The van der Waals surface area contributed by atoms with Gasteiger partial charge in [-0.1, -0.05) is 12.1 Å². The van der Waals surface area contributed by atoms with Crippen molar-refractivity contribution in [2.24, 2.45) is 5.92 Å². The molecule has 19 heavy (non-hydrogen) atoms. The van der Waals surface area contributed by atoms with Gasteiger partial charge in [-0.05, 0) is 37.3 Å². The Morgan fingerprint density at radius 3 is 3.11 bits per heavy atom. The average molecular weight is 262 g/mol. The van der Waals surface area contributed by atoms with Crippen LogP contribution < -0.4 is 5.32 Å². The molecular formula is C15H19FN2O. The Kier molecular flexibility index (Phi) is 3.27. The Bertz CT molecular complexity index is 503. The van der Waals surface area contributed by atoms with Crippen LogP contribution in [0, 0.1) is 18.7 Å². The molecule has 3 rings (SSSR count). The molecule has 1 amide bonds. The predicted octanol–water partition coefficient (Wildman–Crippen LogP) is 1.96. The number of aryl methyl sites for hydroxylation is 1. The van der Waals surface area contributed by atoms with E-state index in [1.54, 1.807) is 25.1 Å². The largest absolute Gasteiger partial charge is 0.334 e. The SMILES string of the molecule is Cc1cccc(C(=O)N2CCCC3CNCC32)c1F. The number of halogens is 1. The molecule has 102 valence electrons. The zero-order valence-electron chi connectivity index (χ0n) is 11.2. The van der Waals surface area contributed by atoms with Crippen LogP contribution in [0.15, 0.2) is 18.2 Å². The number of carbonyl (C=O) groups is 1. The van der Waals surface area contributed by atoms with Crippen LogP contribution in [0.2, 0.25) is 0 Å². The van der Waals surface area contributed by atoms with Gasteiger partial charge in [-0.3, -0.25) is 4.79 Å². The fraction of sp³-hybridized carbons (Fsp3) is 0.533. The fourth-order valence-electron chi connectivity index (χ4n) is 3.29. The molecule has 2 aliphatic heterocycles. The first-order valence-corrected chi connectivity index (χ1v) is 6.95. The van der Waals surface area contributed by atoms with Crippen molar-refractivity contribution in [2.45, 2.75) is 25.8 Å². The van der Waals surface area contributed by atoms with Gasteiger partial charge >= 0.3 is 0 Å². The molecule has 0 bridgehead atoms. The molecule has 0 spiro atoms. The third kappa shape index (κ3) is 2.14. The highest BCUT2D eigenvalue weighted by atomic mass is 19.1. The minimum absolute atomic E-state index is 0.153. The summed E-state index contributed by atoms with van der Waals surface area (Å²) >= 11 is 0. The maximum atomic E-state index is 14.1. The van der Waals surface area contributed by atoms with Gasteiger partial charge in [0.2, 0.25) is 0 Å². The van der Waals surface area contributed by atoms with Crippen LogP contribution in [-0.2, 0) is 0 Å². The molecule has 4 heteroatoms. The zero-order chi connectivity index (χ0) is 13.4. The summed E-state index contributed by atoms with van der Waals surface area (Å²) in [5.41, 5.74) is 0.747. The van der Waals surface area contributed by atoms with Gasteiger partial charge in [0.15, 0.2) is 0 Å². The molecule has 3 nitrogen and oxygen atoms in total. The van der Waals surface area contributed by atoms with E-state index >= 15 is 0 Å². The molecule has 2 fully saturated rings. The van der Waals surface area contributed by atoms with Gasteiger partial charge in [0.25, 0.3) is 5.91 Å². The number of nitrogens with zero attached hydrogens (tertiary/aromatic N) is 1. The van der Waals surface area contributed by atoms with E-state index in [9.17, 15) is 9.18 Å². The summed E-state index contributed by atoms with van der Waals surface area (Å²) in [6, 6.07) is 5.28. The molecule has 1 aromatic carbocycles. The number of nitrogens with one attached hydrogen (secondary N) is 1. The Balaban J connectivity index is 1.88.